The molecule has 37 heavy (non-hydrogen) atoms. The van der Waals surface area contributed by atoms with Gasteiger partial charge in [0, 0.05) is 37.3 Å². The number of aliphatic hydroxyl groups is 2. The lowest BCUT2D eigenvalue weighted by Gasteiger charge is -2.40. The van der Waals surface area contributed by atoms with Gasteiger partial charge in [0.2, 0.25) is 5.79 Å². The van der Waals surface area contributed by atoms with Crippen LogP contribution in [0.25, 0.3) is 0 Å². The van der Waals surface area contributed by atoms with E-state index in [1.807, 2.05) is 0 Å². The van der Waals surface area contributed by atoms with Gasteiger partial charge in [0.1, 0.15) is 30.0 Å². The van der Waals surface area contributed by atoms with Crippen molar-refractivity contribution in [3.8, 4) is 0 Å². The van der Waals surface area contributed by atoms with Crippen LogP contribution < -0.4 is 0 Å². The van der Waals surface area contributed by atoms with Crippen molar-refractivity contribution in [3.63, 3.8) is 0 Å². The monoisotopic (exact) mass is 522 g/mol. The molecule has 2 N–H and O–H groups in total. The summed E-state index contributed by atoms with van der Waals surface area (Å²) in [6.07, 6.45) is -2.42. The highest BCUT2D eigenvalue weighted by Crippen LogP contribution is 2.55. The Morgan fingerprint density at radius 3 is 2.49 bits per heavy atom. The molecule has 12 nitrogen and oxygen atoms in total. The van der Waals surface area contributed by atoms with Crippen molar-refractivity contribution in [2.24, 2.45) is 5.92 Å². The molecule has 0 saturated carbocycles. The first kappa shape index (κ1) is 27.0. The van der Waals surface area contributed by atoms with Crippen LogP contribution >= 0.6 is 0 Å². The van der Waals surface area contributed by atoms with Crippen LogP contribution in [0.2, 0.25) is 0 Å². The van der Waals surface area contributed by atoms with E-state index in [1.165, 1.54) is 19.1 Å². The van der Waals surface area contributed by atoms with E-state index in [-0.39, 0.29) is 29.6 Å². The molecule has 4 aliphatic heterocycles. The molecule has 0 spiro atoms. The molecular formula is C25H30O12. The molecular weight excluding hydrogens is 492 g/mol. The van der Waals surface area contributed by atoms with Crippen LogP contribution in [-0.4, -0.2) is 82.8 Å². The van der Waals surface area contributed by atoms with Crippen LogP contribution in [0.15, 0.2) is 35.5 Å². The second-order valence-corrected chi connectivity index (χ2v) is 9.92. The molecule has 0 aromatic carbocycles. The highest BCUT2D eigenvalue weighted by atomic mass is 16.8. The average molecular weight is 523 g/mol. The number of rotatable bonds is 4. The number of methoxy groups -OCH3 is 1. The SMILES string of the molecule is C=C(C(=O)OC)[C@@H]1C[C@@H](OC(C)=O)C2=C[C@H](C[C@@]3(C)O[C@@H]3[C@@]3(O)C=C(C)[C@](OC(C)=O)(O3)[C@H]1O)OC2=O. The van der Waals surface area contributed by atoms with E-state index in [1.54, 1.807) is 6.92 Å². The number of epoxide rings is 1. The van der Waals surface area contributed by atoms with Gasteiger partial charge in [0.05, 0.1) is 12.7 Å². The van der Waals surface area contributed by atoms with Crippen molar-refractivity contribution in [2.45, 2.75) is 82.1 Å². The first-order chi connectivity index (χ1) is 17.2. The second kappa shape index (κ2) is 9.05. The lowest BCUT2D eigenvalue weighted by Crippen LogP contribution is -2.56. The Labute approximate surface area is 212 Å². The standard InChI is InChI=1S/C25H30O12/c1-11-9-24(31)22-23(5,36-22)10-15-7-17(21(30)34-15)18(33-13(3)26)8-16(12(2)20(29)32-6)19(28)25(11,37-24)35-14(4)27/h7,9,15-16,18-19,22,28,31H,2,8,10H2,1,3-6H3/t15-,16+,18-,19+,22+,23-,24-,25+/m1/s1. The van der Waals surface area contributed by atoms with Crippen LogP contribution in [0.3, 0.4) is 0 Å². The molecule has 0 aromatic rings. The van der Waals surface area contributed by atoms with Crippen molar-refractivity contribution in [3.05, 3.63) is 35.5 Å². The van der Waals surface area contributed by atoms with Crippen LogP contribution in [0.1, 0.15) is 40.5 Å². The molecule has 4 aliphatic rings. The lowest BCUT2D eigenvalue weighted by atomic mass is 9.81. The Morgan fingerprint density at radius 2 is 1.89 bits per heavy atom. The van der Waals surface area contributed by atoms with E-state index in [2.05, 4.69) is 6.58 Å². The lowest BCUT2D eigenvalue weighted by molar-refractivity contribution is -0.322. The molecule has 0 amide bonds. The number of hydrogen-bond donors (Lipinski definition) is 2. The summed E-state index contributed by atoms with van der Waals surface area (Å²) in [5, 5.41) is 23.2. The fourth-order valence-corrected chi connectivity index (χ4v) is 5.40. The van der Waals surface area contributed by atoms with E-state index < -0.39 is 71.4 Å². The molecule has 1 fully saturated rings. The summed E-state index contributed by atoms with van der Waals surface area (Å²) in [6, 6.07) is 0. The van der Waals surface area contributed by atoms with Crippen molar-refractivity contribution in [2.75, 3.05) is 7.11 Å². The third-order valence-electron chi connectivity index (χ3n) is 7.10. The van der Waals surface area contributed by atoms with Gasteiger partial charge in [-0.05, 0) is 32.4 Å². The molecule has 0 unspecified atom stereocenters. The molecule has 202 valence electrons. The van der Waals surface area contributed by atoms with Crippen molar-refractivity contribution in [1.82, 2.24) is 0 Å². The highest BCUT2D eigenvalue weighted by molar-refractivity contribution is 5.93. The van der Waals surface area contributed by atoms with Crippen molar-refractivity contribution in [1.29, 1.82) is 0 Å². The minimum Gasteiger partial charge on any atom is -0.466 e. The second-order valence-electron chi connectivity index (χ2n) is 9.92. The van der Waals surface area contributed by atoms with E-state index in [9.17, 15) is 29.4 Å². The summed E-state index contributed by atoms with van der Waals surface area (Å²) < 4.78 is 32.9. The van der Waals surface area contributed by atoms with Gasteiger partial charge < -0.3 is 33.9 Å². The van der Waals surface area contributed by atoms with Gasteiger partial charge in [-0.3, -0.25) is 14.3 Å². The molecule has 12 heteroatoms. The van der Waals surface area contributed by atoms with E-state index in [0.717, 1.165) is 21.0 Å². The smallest absolute Gasteiger partial charge is 0.338 e. The normalized spacial score (nSPS) is 40.4. The molecule has 4 bridgehead atoms. The zero-order chi connectivity index (χ0) is 27.5. The Morgan fingerprint density at radius 1 is 1.22 bits per heavy atom. The van der Waals surface area contributed by atoms with Gasteiger partial charge >= 0.3 is 23.9 Å². The quantitative estimate of drug-likeness (QED) is 0.171. The molecule has 0 radical (unpaired) electrons. The van der Waals surface area contributed by atoms with Gasteiger partial charge in [-0.25, -0.2) is 9.59 Å². The van der Waals surface area contributed by atoms with Crippen molar-refractivity contribution >= 4 is 23.9 Å². The first-order valence-electron chi connectivity index (χ1n) is 11.7. The Bertz CT molecular complexity index is 1120. The van der Waals surface area contributed by atoms with Gasteiger partial charge in [-0.15, -0.1) is 0 Å². The molecule has 4 heterocycles. The third-order valence-corrected chi connectivity index (χ3v) is 7.10. The maximum Gasteiger partial charge on any atom is 0.338 e. The van der Waals surface area contributed by atoms with Crippen LogP contribution in [0.5, 0.6) is 0 Å². The molecule has 0 aromatic heterocycles. The summed E-state index contributed by atoms with van der Waals surface area (Å²) >= 11 is 0. The van der Waals surface area contributed by atoms with E-state index in [0.29, 0.717) is 0 Å². The summed E-state index contributed by atoms with van der Waals surface area (Å²) in [6.45, 7) is 9.10. The topological polar surface area (TPSA) is 167 Å². The number of esters is 4. The average Bonchev–Trinajstić information content (AvgIpc) is 3.23. The summed E-state index contributed by atoms with van der Waals surface area (Å²) in [5.41, 5.74) is -1.20. The maximum absolute atomic E-state index is 12.8. The third kappa shape index (κ3) is 4.58. The zero-order valence-electron chi connectivity index (χ0n) is 21.1. The molecule has 8 atom stereocenters. The van der Waals surface area contributed by atoms with Crippen molar-refractivity contribution < 1.29 is 57.8 Å². The van der Waals surface area contributed by atoms with Crippen LogP contribution in [0, 0.1) is 5.92 Å². The summed E-state index contributed by atoms with van der Waals surface area (Å²) in [4.78, 5) is 49.5. The molecule has 1 saturated heterocycles. The number of carbonyl (C=O) groups is 4. The molecule has 0 aliphatic carbocycles. The fraction of sp³-hybridized carbons (Fsp3) is 0.600. The van der Waals surface area contributed by atoms with Crippen LogP contribution in [0.4, 0.5) is 0 Å². The predicted molar refractivity (Wildman–Crippen MR) is 121 cm³/mol. The Kier molecular flexibility index (Phi) is 6.60. The van der Waals surface area contributed by atoms with Gasteiger partial charge in [-0.1, -0.05) is 6.58 Å². The van der Waals surface area contributed by atoms with Crippen LogP contribution in [-0.2, 0) is 47.6 Å². The first-order valence-corrected chi connectivity index (χ1v) is 11.7. The number of ether oxygens (including phenoxy) is 6. The van der Waals surface area contributed by atoms with Gasteiger partial charge in [-0.2, -0.15) is 0 Å². The summed E-state index contributed by atoms with van der Waals surface area (Å²) in [7, 11) is 1.10. The Hall–Kier alpha value is -3.06. The van der Waals surface area contributed by atoms with Gasteiger partial charge in [0.25, 0.3) is 5.79 Å². The predicted octanol–water partition coefficient (Wildman–Crippen LogP) is 0.352. The minimum absolute atomic E-state index is 0.00583. The fourth-order valence-electron chi connectivity index (χ4n) is 5.40. The number of fused-ring (bicyclic) bond motifs is 5. The van der Waals surface area contributed by atoms with E-state index >= 15 is 0 Å². The van der Waals surface area contributed by atoms with Gasteiger partial charge in [0.15, 0.2) is 0 Å². The largest absolute Gasteiger partial charge is 0.466 e. The molecule has 4 rings (SSSR count). The Balaban J connectivity index is 1.89. The zero-order valence-corrected chi connectivity index (χ0v) is 21.1. The number of carbonyl (C=O) groups excluding carboxylic acids is 4. The number of hydrogen-bond acceptors (Lipinski definition) is 12. The summed E-state index contributed by atoms with van der Waals surface area (Å²) in [5.74, 6) is -9.05. The highest BCUT2D eigenvalue weighted by Gasteiger charge is 2.70. The van der Waals surface area contributed by atoms with E-state index in [4.69, 9.17) is 28.4 Å². The maximum atomic E-state index is 12.8. The number of aliphatic hydroxyl groups excluding tert-OH is 1. The minimum atomic E-state index is -2.28.